The van der Waals surface area contributed by atoms with Gasteiger partial charge in [-0.1, -0.05) is 42.5 Å². The van der Waals surface area contributed by atoms with Gasteiger partial charge in [0.2, 0.25) is 10.0 Å². The van der Waals surface area contributed by atoms with E-state index in [2.05, 4.69) is 5.10 Å². The SMILES string of the molecule is CCOC(=O)c1cn(Cc2cc(C=NN)ccc2O)cc1-c1ccc(-c2ccccc2S(N)(=O)=O)cc1.O=C(O)C(F)(F)F. The Balaban J connectivity index is 0.000000676. The van der Waals surface area contributed by atoms with Crippen LogP contribution in [0, 0.1) is 0 Å². The van der Waals surface area contributed by atoms with E-state index in [-0.39, 0.29) is 23.8 Å². The quantitative estimate of drug-likeness (QED) is 0.0956. The predicted molar refractivity (Wildman–Crippen MR) is 155 cm³/mol. The fourth-order valence-corrected chi connectivity index (χ4v) is 4.84. The van der Waals surface area contributed by atoms with Crippen LogP contribution in [0.4, 0.5) is 13.2 Å². The molecule has 0 radical (unpaired) electrons. The highest BCUT2D eigenvalue weighted by molar-refractivity contribution is 7.89. The van der Waals surface area contributed by atoms with E-state index in [4.69, 9.17) is 25.6 Å². The number of carboxylic acid groups (broad SMARTS) is 1. The Hall–Kier alpha value is -5.15. The van der Waals surface area contributed by atoms with Crippen LogP contribution in [-0.4, -0.2) is 54.1 Å². The molecular weight excluding hydrogens is 605 g/mol. The molecule has 0 aliphatic rings. The Bertz CT molecular complexity index is 1790. The number of carbonyl (C=O) groups excluding carboxylic acids is 1. The summed E-state index contributed by atoms with van der Waals surface area (Å²) in [4.78, 5) is 21.7. The molecule has 0 amide bonds. The number of ether oxygens (including phenoxy) is 1. The van der Waals surface area contributed by atoms with Crippen molar-refractivity contribution in [1.82, 2.24) is 4.57 Å². The van der Waals surface area contributed by atoms with Crippen LogP contribution in [0.1, 0.15) is 28.4 Å². The summed E-state index contributed by atoms with van der Waals surface area (Å²) in [5.74, 6) is 2.10. The number of aromatic hydroxyl groups is 1. The first-order chi connectivity index (χ1) is 20.6. The van der Waals surface area contributed by atoms with E-state index in [1.54, 1.807) is 84.5 Å². The first-order valence-corrected chi connectivity index (χ1v) is 14.1. The lowest BCUT2D eigenvalue weighted by molar-refractivity contribution is -0.192. The van der Waals surface area contributed by atoms with Gasteiger partial charge in [-0.2, -0.15) is 18.3 Å². The molecule has 1 heterocycles. The van der Waals surface area contributed by atoms with Gasteiger partial charge in [0.1, 0.15) is 5.75 Å². The molecule has 0 aliphatic carbocycles. The van der Waals surface area contributed by atoms with Gasteiger partial charge in [-0.3, -0.25) is 0 Å². The van der Waals surface area contributed by atoms with Crippen molar-refractivity contribution in [2.75, 3.05) is 6.61 Å². The van der Waals surface area contributed by atoms with Gasteiger partial charge in [0, 0.05) is 29.1 Å². The molecule has 6 N–H and O–H groups in total. The van der Waals surface area contributed by atoms with E-state index >= 15 is 0 Å². The molecular formula is C29H27F3N4O7S. The summed E-state index contributed by atoms with van der Waals surface area (Å²) in [6.45, 7) is 2.23. The minimum absolute atomic E-state index is 0.0304. The zero-order chi connectivity index (χ0) is 32.7. The number of phenols is 1. The van der Waals surface area contributed by atoms with Crippen molar-refractivity contribution in [3.8, 4) is 28.0 Å². The summed E-state index contributed by atoms with van der Waals surface area (Å²) in [6.07, 6.45) is -0.146. The molecule has 0 atom stereocenters. The third-order valence-corrected chi connectivity index (χ3v) is 6.97. The molecule has 0 unspecified atom stereocenters. The summed E-state index contributed by atoms with van der Waals surface area (Å²) in [7, 11) is -3.91. The van der Waals surface area contributed by atoms with Crippen LogP contribution in [-0.2, 0) is 26.1 Å². The molecule has 4 rings (SSSR count). The number of nitrogens with zero attached hydrogens (tertiary/aromatic N) is 2. The topological polar surface area (TPSA) is 187 Å². The smallest absolute Gasteiger partial charge is 0.490 e. The number of carboxylic acids is 1. The standard InChI is InChI=1S/C27H26N4O5S.C2HF3O2/c1-2-36-27(33)24-17-31(15-21-13-18(14-30-28)7-12-25(21)32)16-23(24)20-10-8-19(9-11-20)22-5-3-4-6-26(22)37(29,34)35;3-2(4,5)1(6)7/h3-14,16-17,32H,2,15,28H2,1H3,(H2,29,34,35);(H,6,7). The molecule has 232 valence electrons. The second kappa shape index (κ2) is 13.9. The second-order valence-electron chi connectivity index (χ2n) is 9.07. The maximum absolute atomic E-state index is 12.8. The number of carbonyl (C=O) groups is 2. The van der Waals surface area contributed by atoms with Gasteiger partial charge in [0.05, 0.1) is 29.8 Å². The molecule has 1 aromatic heterocycles. The summed E-state index contributed by atoms with van der Waals surface area (Å²) < 4.78 is 62.8. The van der Waals surface area contributed by atoms with Crippen molar-refractivity contribution in [3.05, 3.63) is 95.8 Å². The molecule has 4 aromatic rings. The molecule has 0 bridgehead atoms. The third-order valence-electron chi connectivity index (χ3n) is 6.00. The zero-order valence-corrected chi connectivity index (χ0v) is 23.8. The molecule has 0 saturated carbocycles. The van der Waals surface area contributed by atoms with Gasteiger partial charge in [0.15, 0.2) is 0 Å². The van der Waals surface area contributed by atoms with E-state index in [1.165, 1.54) is 12.3 Å². The average molecular weight is 633 g/mol. The monoisotopic (exact) mass is 632 g/mol. The van der Waals surface area contributed by atoms with Gasteiger partial charge in [-0.05, 0) is 47.9 Å². The van der Waals surface area contributed by atoms with Crippen LogP contribution < -0.4 is 11.0 Å². The number of rotatable bonds is 8. The lowest BCUT2D eigenvalue weighted by Crippen LogP contribution is -2.21. The van der Waals surface area contributed by atoms with Gasteiger partial charge in [-0.25, -0.2) is 23.1 Å². The van der Waals surface area contributed by atoms with Crippen LogP contribution in [0.25, 0.3) is 22.3 Å². The van der Waals surface area contributed by atoms with Crippen molar-refractivity contribution >= 4 is 28.2 Å². The normalized spacial score (nSPS) is 11.6. The van der Waals surface area contributed by atoms with Crippen LogP contribution in [0.3, 0.4) is 0 Å². The first kappa shape index (κ1) is 33.4. The number of hydrogen-bond donors (Lipinski definition) is 4. The van der Waals surface area contributed by atoms with Crippen LogP contribution in [0.5, 0.6) is 5.75 Å². The zero-order valence-electron chi connectivity index (χ0n) is 23.0. The number of esters is 1. The van der Waals surface area contributed by atoms with Crippen LogP contribution in [0.15, 0.2) is 89.1 Å². The van der Waals surface area contributed by atoms with Gasteiger partial charge in [0.25, 0.3) is 0 Å². The highest BCUT2D eigenvalue weighted by atomic mass is 32.2. The molecule has 11 nitrogen and oxygen atoms in total. The Morgan fingerprint density at radius 1 is 1.00 bits per heavy atom. The van der Waals surface area contributed by atoms with Gasteiger partial charge in [-0.15, -0.1) is 0 Å². The Morgan fingerprint density at radius 3 is 2.14 bits per heavy atom. The first-order valence-electron chi connectivity index (χ1n) is 12.6. The Kier molecular flexibility index (Phi) is 10.5. The number of nitrogens with two attached hydrogens (primary N) is 2. The number of primary sulfonamides is 1. The molecule has 3 aromatic carbocycles. The van der Waals surface area contributed by atoms with Crippen molar-refractivity contribution in [1.29, 1.82) is 0 Å². The van der Waals surface area contributed by atoms with E-state index in [9.17, 15) is 31.5 Å². The summed E-state index contributed by atoms with van der Waals surface area (Å²) in [5.41, 5.74) is 4.20. The minimum Gasteiger partial charge on any atom is -0.508 e. The Morgan fingerprint density at radius 2 is 1.59 bits per heavy atom. The lowest BCUT2D eigenvalue weighted by Gasteiger charge is -2.09. The molecule has 44 heavy (non-hydrogen) atoms. The average Bonchev–Trinajstić information content (AvgIpc) is 3.38. The van der Waals surface area contributed by atoms with Gasteiger partial charge < -0.3 is 25.4 Å². The van der Waals surface area contributed by atoms with E-state index in [0.717, 1.165) is 11.1 Å². The highest BCUT2D eigenvalue weighted by Gasteiger charge is 2.38. The highest BCUT2D eigenvalue weighted by Crippen LogP contribution is 2.32. The number of aromatic nitrogens is 1. The largest absolute Gasteiger partial charge is 0.508 e. The van der Waals surface area contributed by atoms with E-state index in [0.29, 0.717) is 27.8 Å². The molecule has 0 aliphatic heterocycles. The molecule has 15 heteroatoms. The number of sulfonamides is 1. The van der Waals surface area contributed by atoms with Crippen LogP contribution >= 0.6 is 0 Å². The second-order valence-corrected chi connectivity index (χ2v) is 10.6. The third kappa shape index (κ3) is 8.45. The summed E-state index contributed by atoms with van der Waals surface area (Å²) >= 11 is 0. The van der Waals surface area contributed by atoms with Crippen LogP contribution in [0.2, 0.25) is 0 Å². The molecule has 0 saturated heterocycles. The summed E-state index contributed by atoms with van der Waals surface area (Å²) in [5, 5.41) is 26.4. The van der Waals surface area contributed by atoms with Crippen molar-refractivity contribution in [2.45, 2.75) is 24.5 Å². The van der Waals surface area contributed by atoms with Crippen molar-refractivity contribution < 1.29 is 46.1 Å². The number of halogens is 3. The number of alkyl halides is 3. The minimum atomic E-state index is -5.08. The van der Waals surface area contributed by atoms with E-state index < -0.39 is 28.1 Å². The number of benzene rings is 3. The van der Waals surface area contributed by atoms with Gasteiger partial charge >= 0.3 is 18.1 Å². The maximum atomic E-state index is 12.8. The predicted octanol–water partition coefficient (Wildman–Crippen LogP) is 4.33. The molecule has 0 fully saturated rings. The fraction of sp³-hybridized carbons (Fsp3) is 0.138. The number of hydrazone groups is 1. The van der Waals surface area contributed by atoms with E-state index in [1.807, 2.05) is 0 Å². The Labute approximate surface area is 249 Å². The lowest BCUT2D eigenvalue weighted by atomic mass is 10.00. The number of aliphatic carboxylic acids is 1. The summed E-state index contributed by atoms with van der Waals surface area (Å²) in [6, 6.07) is 18.6. The molecule has 0 spiro atoms. The van der Waals surface area contributed by atoms with Crippen molar-refractivity contribution in [3.63, 3.8) is 0 Å². The number of phenolic OH excluding ortho intramolecular Hbond substituents is 1. The number of hydrogen-bond acceptors (Lipinski definition) is 8. The van der Waals surface area contributed by atoms with Crippen molar-refractivity contribution in [2.24, 2.45) is 16.1 Å². The maximum Gasteiger partial charge on any atom is 0.490 e. The fourth-order valence-electron chi connectivity index (χ4n) is 4.08.